The molecule has 0 unspecified atom stereocenters. The van der Waals surface area contributed by atoms with Crippen LogP contribution in [0.3, 0.4) is 0 Å². The lowest BCUT2D eigenvalue weighted by atomic mass is 9.96. The monoisotopic (exact) mass is 270 g/mol. The van der Waals surface area contributed by atoms with Crippen LogP contribution < -0.4 is 10.6 Å². The van der Waals surface area contributed by atoms with Crippen molar-refractivity contribution in [1.82, 2.24) is 10.2 Å². The van der Waals surface area contributed by atoms with Crippen molar-refractivity contribution in [2.45, 2.75) is 26.3 Å². The van der Waals surface area contributed by atoms with Crippen molar-refractivity contribution < 1.29 is 4.79 Å². The highest BCUT2D eigenvalue weighted by Crippen LogP contribution is 2.32. The van der Waals surface area contributed by atoms with Crippen LogP contribution in [-0.2, 0) is 17.8 Å². The molecule has 5 heteroatoms. The Morgan fingerprint density at radius 1 is 1.40 bits per heavy atom. The predicted octanol–water partition coefficient (Wildman–Crippen LogP) is 1.75. The first-order valence-corrected chi connectivity index (χ1v) is 6.75. The Hall–Kier alpha value is -2.14. The minimum atomic E-state index is 0.170. The number of aryl methyl sites for hydroxylation is 2. The first-order valence-electron chi connectivity index (χ1n) is 6.75. The lowest BCUT2D eigenvalue weighted by Gasteiger charge is -2.26. The smallest absolute Gasteiger partial charge is 0.227 e. The summed E-state index contributed by atoms with van der Waals surface area (Å²) < 4.78 is 0. The number of nitrogens with one attached hydrogen (secondary N) is 1. The van der Waals surface area contributed by atoms with E-state index in [-0.39, 0.29) is 5.91 Å². The lowest BCUT2D eigenvalue weighted by molar-refractivity contribution is -0.118. The standard InChI is InChI=1S/C15H18N4O/c1-9-12(8-16)15(18-17-9)11-3-5-13-10(7-11)4-6-14(20)19(13)2/h3,5,7H,4,6,8,16H2,1-2H3,(H,17,18). The summed E-state index contributed by atoms with van der Waals surface area (Å²) in [7, 11) is 1.82. The van der Waals surface area contributed by atoms with Gasteiger partial charge in [0.15, 0.2) is 0 Å². The summed E-state index contributed by atoms with van der Waals surface area (Å²) in [6, 6.07) is 6.11. The largest absolute Gasteiger partial charge is 0.326 e. The second kappa shape index (κ2) is 4.76. The molecule has 5 nitrogen and oxygen atoms in total. The van der Waals surface area contributed by atoms with Gasteiger partial charge in [0.05, 0.1) is 5.69 Å². The number of nitrogens with two attached hydrogens (primary N) is 1. The highest BCUT2D eigenvalue weighted by atomic mass is 16.2. The maximum absolute atomic E-state index is 11.7. The molecular weight excluding hydrogens is 252 g/mol. The molecule has 0 radical (unpaired) electrons. The number of fused-ring (bicyclic) bond motifs is 1. The molecular formula is C15H18N4O. The second-order valence-electron chi connectivity index (χ2n) is 5.18. The highest BCUT2D eigenvalue weighted by molar-refractivity contribution is 5.96. The lowest BCUT2D eigenvalue weighted by Crippen LogP contribution is -2.30. The molecule has 0 saturated carbocycles. The Morgan fingerprint density at radius 3 is 2.95 bits per heavy atom. The summed E-state index contributed by atoms with van der Waals surface area (Å²) in [6.07, 6.45) is 1.35. The molecule has 1 aromatic heterocycles. The molecule has 1 aromatic carbocycles. The van der Waals surface area contributed by atoms with Crippen molar-refractivity contribution in [1.29, 1.82) is 0 Å². The molecule has 1 aliphatic rings. The zero-order valence-corrected chi connectivity index (χ0v) is 11.7. The van der Waals surface area contributed by atoms with Gasteiger partial charge in [-0.25, -0.2) is 0 Å². The fourth-order valence-electron chi connectivity index (χ4n) is 2.74. The summed E-state index contributed by atoms with van der Waals surface area (Å²) >= 11 is 0. The van der Waals surface area contributed by atoms with Gasteiger partial charge < -0.3 is 10.6 Å². The number of aromatic nitrogens is 2. The number of H-pyrrole nitrogens is 1. The number of hydrogen-bond acceptors (Lipinski definition) is 3. The van der Waals surface area contributed by atoms with Gasteiger partial charge in [0.25, 0.3) is 0 Å². The summed E-state index contributed by atoms with van der Waals surface area (Å²) in [5.74, 6) is 0.170. The molecule has 0 bridgehead atoms. The van der Waals surface area contributed by atoms with Crippen LogP contribution in [0.15, 0.2) is 18.2 Å². The first kappa shape index (κ1) is 12.9. The fraction of sp³-hybridized carbons (Fsp3) is 0.333. The topological polar surface area (TPSA) is 75.0 Å². The molecule has 20 heavy (non-hydrogen) atoms. The molecule has 104 valence electrons. The third-order valence-corrected chi connectivity index (χ3v) is 3.97. The number of benzene rings is 1. The summed E-state index contributed by atoms with van der Waals surface area (Å²) in [4.78, 5) is 13.4. The van der Waals surface area contributed by atoms with Gasteiger partial charge in [-0.05, 0) is 31.0 Å². The third-order valence-electron chi connectivity index (χ3n) is 3.97. The number of hydrogen-bond donors (Lipinski definition) is 2. The van der Waals surface area contributed by atoms with Crippen molar-refractivity contribution in [2.24, 2.45) is 5.73 Å². The predicted molar refractivity (Wildman–Crippen MR) is 78.4 cm³/mol. The van der Waals surface area contributed by atoms with Crippen LogP contribution in [0.2, 0.25) is 0 Å². The second-order valence-corrected chi connectivity index (χ2v) is 5.18. The number of nitrogens with zero attached hydrogens (tertiary/aromatic N) is 2. The Bertz CT molecular complexity index is 675. The first-order chi connectivity index (χ1) is 9.61. The molecule has 2 heterocycles. The van der Waals surface area contributed by atoms with Crippen molar-refractivity contribution in [3.05, 3.63) is 35.0 Å². The van der Waals surface area contributed by atoms with E-state index in [0.717, 1.165) is 34.6 Å². The number of rotatable bonds is 2. The Labute approximate surface area is 117 Å². The number of anilines is 1. The maximum atomic E-state index is 11.7. The SMILES string of the molecule is Cc1[nH]nc(-c2ccc3c(c2)CCC(=O)N3C)c1CN. The minimum Gasteiger partial charge on any atom is -0.326 e. The van der Waals surface area contributed by atoms with Crippen molar-refractivity contribution in [2.75, 3.05) is 11.9 Å². The number of carbonyl (C=O) groups excluding carboxylic acids is 1. The molecule has 2 aromatic rings. The molecule has 0 atom stereocenters. The van der Waals surface area contributed by atoms with Crippen molar-refractivity contribution in [3.8, 4) is 11.3 Å². The van der Waals surface area contributed by atoms with E-state index in [0.29, 0.717) is 13.0 Å². The van der Waals surface area contributed by atoms with Gasteiger partial charge in [-0.15, -0.1) is 0 Å². The van der Waals surface area contributed by atoms with Crippen molar-refractivity contribution >= 4 is 11.6 Å². The average Bonchev–Trinajstić information content (AvgIpc) is 2.83. The quantitative estimate of drug-likeness (QED) is 0.873. The van der Waals surface area contributed by atoms with E-state index < -0.39 is 0 Å². The molecule has 0 fully saturated rings. The van der Waals surface area contributed by atoms with Gasteiger partial charge >= 0.3 is 0 Å². The number of amides is 1. The molecule has 3 N–H and O–H groups in total. The van der Waals surface area contributed by atoms with Gasteiger partial charge in [0.1, 0.15) is 0 Å². The Balaban J connectivity index is 2.07. The van der Waals surface area contributed by atoms with Crippen LogP contribution in [0.5, 0.6) is 0 Å². The van der Waals surface area contributed by atoms with Gasteiger partial charge in [-0.3, -0.25) is 9.89 Å². The Morgan fingerprint density at radius 2 is 2.20 bits per heavy atom. The molecule has 1 amide bonds. The maximum Gasteiger partial charge on any atom is 0.227 e. The van der Waals surface area contributed by atoms with Crippen LogP contribution >= 0.6 is 0 Å². The normalized spacial score (nSPS) is 14.6. The molecule has 0 aliphatic carbocycles. The van der Waals surface area contributed by atoms with E-state index in [9.17, 15) is 4.79 Å². The number of aromatic amines is 1. The van der Waals surface area contributed by atoms with Crippen LogP contribution in [0, 0.1) is 6.92 Å². The third kappa shape index (κ3) is 1.91. The van der Waals surface area contributed by atoms with Gasteiger partial charge in [-0.1, -0.05) is 6.07 Å². The molecule has 3 rings (SSSR count). The van der Waals surface area contributed by atoms with E-state index in [4.69, 9.17) is 5.73 Å². The van der Waals surface area contributed by atoms with Crippen LogP contribution in [0.1, 0.15) is 23.2 Å². The molecule has 0 saturated heterocycles. The van der Waals surface area contributed by atoms with E-state index in [2.05, 4.69) is 16.3 Å². The fourth-order valence-corrected chi connectivity index (χ4v) is 2.74. The van der Waals surface area contributed by atoms with E-state index in [1.54, 1.807) is 4.90 Å². The summed E-state index contributed by atoms with van der Waals surface area (Å²) in [5.41, 5.74) is 12.0. The number of carbonyl (C=O) groups is 1. The summed E-state index contributed by atoms with van der Waals surface area (Å²) in [5, 5.41) is 7.34. The highest BCUT2D eigenvalue weighted by Gasteiger charge is 2.21. The minimum absolute atomic E-state index is 0.170. The van der Waals surface area contributed by atoms with Gasteiger partial charge in [-0.2, -0.15) is 5.10 Å². The molecule has 1 aliphatic heterocycles. The van der Waals surface area contributed by atoms with E-state index >= 15 is 0 Å². The Kier molecular flexibility index (Phi) is 3.06. The van der Waals surface area contributed by atoms with Gasteiger partial charge in [0, 0.05) is 42.5 Å². The molecule has 0 spiro atoms. The van der Waals surface area contributed by atoms with Crippen LogP contribution in [0.4, 0.5) is 5.69 Å². The van der Waals surface area contributed by atoms with E-state index in [1.807, 2.05) is 26.1 Å². The van der Waals surface area contributed by atoms with E-state index in [1.165, 1.54) is 5.56 Å². The zero-order valence-electron chi connectivity index (χ0n) is 11.7. The average molecular weight is 270 g/mol. The summed E-state index contributed by atoms with van der Waals surface area (Å²) in [6.45, 7) is 2.44. The van der Waals surface area contributed by atoms with Gasteiger partial charge in [0.2, 0.25) is 5.91 Å². The van der Waals surface area contributed by atoms with Crippen LogP contribution in [0.25, 0.3) is 11.3 Å². The zero-order chi connectivity index (χ0) is 14.3. The van der Waals surface area contributed by atoms with Crippen molar-refractivity contribution in [3.63, 3.8) is 0 Å². The van der Waals surface area contributed by atoms with Crippen LogP contribution in [-0.4, -0.2) is 23.2 Å².